The van der Waals surface area contributed by atoms with Crippen LogP contribution in [0.4, 0.5) is 0 Å². The van der Waals surface area contributed by atoms with Crippen LogP contribution < -0.4 is 5.56 Å². The molecule has 1 fully saturated rings. The summed E-state index contributed by atoms with van der Waals surface area (Å²) < 4.78 is 2.78. The Morgan fingerprint density at radius 3 is 2.57 bits per heavy atom. The Labute approximate surface area is 177 Å². The van der Waals surface area contributed by atoms with E-state index in [1.807, 2.05) is 22.9 Å². The molecule has 7 heteroatoms. The summed E-state index contributed by atoms with van der Waals surface area (Å²) in [6, 6.07) is 1.98. The van der Waals surface area contributed by atoms with Gasteiger partial charge < -0.3 is 4.98 Å². The van der Waals surface area contributed by atoms with Crippen molar-refractivity contribution >= 4 is 32.8 Å². The van der Waals surface area contributed by atoms with Crippen LogP contribution in [0.1, 0.15) is 70.8 Å². The van der Waals surface area contributed by atoms with Crippen molar-refractivity contribution in [3.8, 4) is 10.7 Å². The highest BCUT2D eigenvalue weighted by atomic mass is 79.9. The zero-order chi connectivity index (χ0) is 20.1. The van der Waals surface area contributed by atoms with Crippen molar-refractivity contribution in [3.63, 3.8) is 0 Å². The van der Waals surface area contributed by atoms with Gasteiger partial charge in [0, 0.05) is 10.4 Å². The Hall–Kier alpha value is -1.47. The molecule has 0 radical (unpaired) electrons. The third-order valence-corrected chi connectivity index (χ3v) is 7.93. The highest BCUT2D eigenvalue weighted by Gasteiger charge is 2.32. The van der Waals surface area contributed by atoms with Crippen LogP contribution in [-0.2, 0) is 6.42 Å². The van der Waals surface area contributed by atoms with Crippen molar-refractivity contribution in [2.45, 2.75) is 65.7 Å². The largest absolute Gasteiger partial charge is 0.302 e. The predicted molar refractivity (Wildman–Crippen MR) is 118 cm³/mol. The fourth-order valence-corrected chi connectivity index (χ4v) is 5.89. The van der Waals surface area contributed by atoms with Gasteiger partial charge in [-0.3, -0.25) is 4.79 Å². The van der Waals surface area contributed by atoms with Crippen LogP contribution >= 0.6 is 27.3 Å². The molecule has 1 aliphatic rings. The van der Waals surface area contributed by atoms with E-state index in [-0.39, 0.29) is 5.56 Å². The maximum absolute atomic E-state index is 12.9. The number of nitrogens with one attached hydrogen (secondary N) is 1. The number of hydrogen-bond acceptors (Lipinski definition) is 4. The van der Waals surface area contributed by atoms with Gasteiger partial charge in [0.25, 0.3) is 5.56 Å². The molecule has 0 saturated heterocycles. The van der Waals surface area contributed by atoms with Crippen molar-refractivity contribution in [3.05, 3.63) is 37.8 Å². The average molecular weight is 463 g/mol. The molecule has 28 heavy (non-hydrogen) atoms. The van der Waals surface area contributed by atoms with Gasteiger partial charge in [0.2, 0.25) is 0 Å². The van der Waals surface area contributed by atoms with Gasteiger partial charge in [0.1, 0.15) is 5.82 Å². The maximum Gasteiger partial charge on any atom is 0.277 e. The van der Waals surface area contributed by atoms with Crippen molar-refractivity contribution in [2.75, 3.05) is 0 Å². The molecule has 0 aliphatic heterocycles. The Balaban J connectivity index is 1.78. The summed E-state index contributed by atoms with van der Waals surface area (Å²) >= 11 is 5.12. The first-order valence-electron chi connectivity index (χ1n) is 10.0. The third kappa shape index (κ3) is 3.47. The molecule has 3 aromatic heterocycles. The van der Waals surface area contributed by atoms with E-state index in [9.17, 15) is 4.79 Å². The van der Waals surface area contributed by atoms with Gasteiger partial charge in [0.15, 0.2) is 11.3 Å². The molecular formula is C21H27BrN4OS. The Morgan fingerprint density at radius 1 is 1.29 bits per heavy atom. The molecule has 5 nitrogen and oxygen atoms in total. The summed E-state index contributed by atoms with van der Waals surface area (Å²) in [7, 11) is 0. The maximum atomic E-state index is 12.9. The number of rotatable bonds is 3. The zero-order valence-electron chi connectivity index (χ0n) is 16.9. The summed E-state index contributed by atoms with van der Waals surface area (Å²) in [5.74, 6) is 2.67. The molecular weight excluding hydrogens is 436 g/mol. The monoisotopic (exact) mass is 462 g/mol. The molecule has 3 aromatic rings. The van der Waals surface area contributed by atoms with Crippen LogP contribution in [0.15, 0.2) is 20.7 Å². The molecule has 0 bridgehead atoms. The highest BCUT2D eigenvalue weighted by molar-refractivity contribution is 9.10. The molecule has 0 spiro atoms. The molecule has 0 amide bonds. The number of nitrogens with zero attached hydrogens (tertiary/aromatic N) is 3. The number of H-pyrrole nitrogens is 1. The van der Waals surface area contributed by atoms with Crippen LogP contribution in [0, 0.1) is 11.3 Å². The van der Waals surface area contributed by atoms with Crippen molar-refractivity contribution in [1.29, 1.82) is 0 Å². The number of aromatic amines is 1. The lowest BCUT2D eigenvalue weighted by atomic mass is 9.70. The van der Waals surface area contributed by atoms with Crippen LogP contribution in [-0.4, -0.2) is 19.6 Å². The van der Waals surface area contributed by atoms with E-state index in [1.54, 1.807) is 11.3 Å². The zero-order valence-corrected chi connectivity index (χ0v) is 19.3. The van der Waals surface area contributed by atoms with Gasteiger partial charge in [-0.2, -0.15) is 0 Å². The molecule has 1 saturated carbocycles. The smallest absolute Gasteiger partial charge is 0.277 e. The summed E-state index contributed by atoms with van der Waals surface area (Å²) in [5.41, 5.74) is 1.69. The van der Waals surface area contributed by atoms with Crippen molar-refractivity contribution in [1.82, 2.24) is 19.6 Å². The number of fused-ring (bicyclic) bond motifs is 1. The first kappa shape index (κ1) is 19.8. The quantitative estimate of drug-likeness (QED) is 0.535. The second-order valence-corrected chi connectivity index (χ2v) is 10.6. The molecule has 4 rings (SSSR count). The lowest BCUT2D eigenvalue weighted by molar-refractivity contribution is 0.167. The Kier molecular flexibility index (Phi) is 5.25. The van der Waals surface area contributed by atoms with Crippen LogP contribution in [0.2, 0.25) is 0 Å². The number of aryl methyl sites for hydroxylation is 1. The van der Waals surface area contributed by atoms with E-state index in [0.717, 1.165) is 46.0 Å². The molecule has 3 heterocycles. The highest BCUT2D eigenvalue weighted by Crippen LogP contribution is 2.43. The fraction of sp³-hybridized carbons (Fsp3) is 0.571. The minimum atomic E-state index is -0.107. The van der Waals surface area contributed by atoms with E-state index < -0.39 is 0 Å². The standard InChI is InChI=1S/C21H27BrN4OS/c1-5-15-16-20(27)24-18(17-14(22)10-11-28-17)25-26(16)19(23-15)12-6-8-13(9-7-12)21(2,3)4/h10-13H,5-9H2,1-4H3,(H,24,25,27). The molecule has 1 aliphatic carbocycles. The first-order chi connectivity index (χ1) is 13.3. The number of halogens is 1. The van der Waals surface area contributed by atoms with Crippen LogP contribution in [0.5, 0.6) is 0 Å². The summed E-state index contributed by atoms with van der Waals surface area (Å²) in [4.78, 5) is 21.7. The van der Waals surface area contributed by atoms with E-state index in [0.29, 0.717) is 22.7 Å². The normalized spacial score (nSPS) is 20.8. The summed E-state index contributed by atoms with van der Waals surface area (Å²) in [6.45, 7) is 9.06. The topological polar surface area (TPSA) is 63.1 Å². The number of imidazole rings is 1. The fourth-order valence-electron chi connectivity index (χ4n) is 4.39. The van der Waals surface area contributed by atoms with Gasteiger partial charge in [-0.05, 0) is 70.8 Å². The molecule has 150 valence electrons. The lowest BCUT2D eigenvalue weighted by Gasteiger charge is -2.36. The SMILES string of the molecule is CCc1nc(C2CCC(C(C)(C)C)CC2)n2nc(-c3sccc3Br)[nH]c(=O)c12. The Bertz CT molecular complexity index is 1050. The first-order valence-corrected chi connectivity index (χ1v) is 11.7. The van der Waals surface area contributed by atoms with Gasteiger partial charge >= 0.3 is 0 Å². The van der Waals surface area contributed by atoms with E-state index in [1.165, 1.54) is 12.8 Å². The second kappa shape index (κ2) is 7.41. The lowest BCUT2D eigenvalue weighted by Crippen LogP contribution is -2.26. The summed E-state index contributed by atoms with van der Waals surface area (Å²) in [6.07, 6.45) is 5.36. The molecule has 1 N–H and O–H groups in total. The molecule has 0 atom stereocenters. The van der Waals surface area contributed by atoms with Crippen LogP contribution in [0.3, 0.4) is 0 Å². The van der Waals surface area contributed by atoms with E-state index in [2.05, 4.69) is 41.7 Å². The van der Waals surface area contributed by atoms with Gasteiger partial charge in [-0.15, -0.1) is 16.4 Å². The number of hydrogen-bond donors (Lipinski definition) is 1. The van der Waals surface area contributed by atoms with Gasteiger partial charge in [-0.25, -0.2) is 9.50 Å². The number of aromatic nitrogens is 4. The minimum Gasteiger partial charge on any atom is -0.302 e. The van der Waals surface area contributed by atoms with E-state index in [4.69, 9.17) is 10.1 Å². The average Bonchev–Trinajstić information content (AvgIpc) is 3.24. The van der Waals surface area contributed by atoms with Crippen molar-refractivity contribution < 1.29 is 0 Å². The number of thiophene rings is 1. The molecule has 0 aromatic carbocycles. The van der Waals surface area contributed by atoms with E-state index >= 15 is 0 Å². The summed E-state index contributed by atoms with van der Waals surface area (Å²) in [5, 5.41) is 6.82. The molecule has 0 unspecified atom stereocenters. The van der Waals surface area contributed by atoms with Crippen LogP contribution in [0.25, 0.3) is 16.2 Å². The van der Waals surface area contributed by atoms with Gasteiger partial charge in [0.05, 0.1) is 10.6 Å². The Morgan fingerprint density at radius 2 is 2.00 bits per heavy atom. The third-order valence-electron chi connectivity index (χ3n) is 6.08. The van der Waals surface area contributed by atoms with Crippen molar-refractivity contribution in [2.24, 2.45) is 11.3 Å². The second-order valence-electron chi connectivity index (χ2n) is 8.85. The van der Waals surface area contributed by atoms with Gasteiger partial charge in [-0.1, -0.05) is 27.7 Å². The predicted octanol–water partition coefficient (Wildman–Crippen LogP) is 5.79. The minimum absolute atomic E-state index is 0.107.